The highest BCUT2D eigenvalue weighted by atomic mass is 35.5. The predicted molar refractivity (Wildman–Crippen MR) is 114 cm³/mol. The minimum Gasteiger partial charge on any atom is -0.382 e. The first-order chi connectivity index (χ1) is 14.8. The number of aliphatic imine (C=N–C) groups is 1. The molecule has 0 saturated carbocycles. The Hall–Kier alpha value is -3.44. The van der Waals surface area contributed by atoms with E-state index in [1.54, 1.807) is 0 Å². The molecule has 0 aliphatic carbocycles. The summed E-state index contributed by atoms with van der Waals surface area (Å²) in [5.41, 5.74) is 12.4. The molecule has 0 radical (unpaired) electrons. The molecule has 1 aromatic heterocycles. The number of halogens is 2. The van der Waals surface area contributed by atoms with Crippen LogP contribution in [0.5, 0.6) is 0 Å². The maximum absolute atomic E-state index is 13.3. The minimum absolute atomic E-state index is 0.0185. The second-order valence-electron chi connectivity index (χ2n) is 6.06. The van der Waals surface area contributed by atoms with Crippen LogP contribution < -0.4 is 16.8 Å². The van der Waals surface area contributed by atoms with Crippen molar-refractivity contribution in [2.75, 3.05) is 12.3 Å². The zero-order valence-corrected chi connectivity index (χ0v) is 17.4. The van der Waals surface area contributed by atoms with Crippen LogP contribution in [0.4, 0.5) is 10.1 Å². The van der Waals surface area contributed by atoms with Crippen LogP contribution in [0.3, 0.4) is 0 Å². The lowest BCUT2D eigenvalue weighted by atomic mass is 10.1. The van der Waals surface area contributed by atoms with E-state index in [1.165, 1.54) is 54.2 Å². The summed E-state index contributed by atoms with van der Waals surface area (Å²) in [6.07, 6.45) is 0. The molecule has 9 nitrogen and oxygen atoms in total. The van der Waals surface area contributed by atoms with Gasteiger partial charge in [-0.25, -0.2) is 14.0 Å². The van der Waals surface area contributed by atoms with E-state index in [4.69, 9.17) is 27.7 Å². The lowest BCUT2D eigenvalue weighted by Crippen LogP contribution is -2.26. The van der Waals surface area contributed by atoms with Gasteiger partial charge in [0, 0.05) is 23.4 Å². The number of aromatic nitrogens is 2. The highest BCUT2D eigenvalue weighted by molar-refractivity contribution is 7.99. The number of nitrogens with two attached hydrogens (primary N) is 2. The molecule has 1 heterocycles. The fraction of sp³-hybridized carbons (Fsp3) is 0.105. The molecule has 3 rings (SSSR count). The van der Waals surface area contributed by atoms with Crippen molar-refractivity contribution in [3.8, 4) is 0 Å². The largest absolute Gasteiger partial charge is 0.382 e. The number of benzene rings is 2. The third-order valence-electron chi connectivity index (χ3n) is 3.91. The molecule has 2 aromatic carbocycles. The molecular formula is C19H16ClFN6O3S. The molecule has 160 valence electrons. The number of hydrogen-bond donors (Lipinski definition) is 3. The van der Waals surface area contributed by atoms with Crippen molar-refractivity contribution in [2.45, 2.75) is 5.03 Å². The number of primary amides is 1. The smallest absolute Gasteiger partial charge is 0.251 e. The minimum atomic E-state index is -0.565. The third-order valence-corrected chi connectivity index (χ3v) is 5.15. The first-order valence-corrected chi connectivity index (χ1v) is 10.1. The van der Waals surface area contributed by atoms with Crippen LogP contribution in [-0.2, 0) is 0 Å². The molecule has 31 heavy (non-hydrogen) atoms. The van der Waals surface area contributed by atoms with Gasteiger partial charge in [0.25, 0.3) is 5.91 Å². The van der Waals surface area contributed by atoms with Gasteiger partial charge in [-0.15, -0.1) is 0 Å². The molecule has 2 amide bonds. The number of nitrogens with zero attached hydrogens (tertiary/aromatic N) is 3. The van der Waals surface area contributed by atoms with Gasteiger partial charge in [0.2, 0.25) is 5.91 Å². The summed E-state index contributed by atoms with van der Waals surface area (Å²) in [4.78, 5) is 27.4. The summed E-state index contributed by atoms with van der Waals surface area (Å²) in [5.74, 6) is -0.966. The third kappa shape index (κ3) is 5.80. The van der Waals surface area contributed by atoms with E-state index in [0.717, 1.165) is 0 Å². The molecule has 0 saturated heterocycles. The van der Waals surface area contributed by atoms with Gasteiger partial charge in [0.05, 0.1) is 10.7 Å². The number of rotatable bonds is 8. The van der Waals surface area contributed by atoms with Crippen LogP contribution in [0, 0.1) is 5.82 Å². The van der Waals surface area contributed by atoms with Crippen molar-refractivity contribution in [1.82, 2.24) is 15.6 Å². The van der Waals surface area contributed by atoms with Gasteiger partial charge in [-0.3, -0.25) is 9.59 Å². The van der Waals surface area contributed by atoms with Gasteiger partial charge in [0.1, 0.15) is 5.82 Å². The van der Waals surface area contributed by atoms with E-state index >= 15 is 0 Å². The van der Waals surface area contributed by atoms with E-state index < -0.39 is 11.7 Å². The normalized spacial score (nSPS) is 11.4. The SMILES string of the molecule is NC(=O)c1ccc(C(=O)NCCSc2nonc2C(N)=Nc2ccc(F)c(Cl)c2)cc1. The molecule has 0 aliphatic rings. The standard InChI is InChI=1S/C19H16ClFN6O3S/c20-13-9-12(5-6-14(13)21)25-16(22)15-19(27-30-26-15)31-8-7-24-18(29)11-3-1-10(2-4-11)17(23)28/h1-6,9H,7-8H2,(H2,22,25)(H2,23,28)(H,24,29). The number of thioether (sulfide) groups is 1. The topological polar surface area (TPSA) is 149 Å². The quantitative estimate of drug-likeness (QED) is 0.201. The van der Waals surface area contributed by atoms with Gasteiger partial charge in [-0.05, 0) is 52.8 Å². The molecular weight excluding hydrogens is 447 g/mol. The van der Waals surface area contributed by atoms with E-state index in [-0.39, 0.29) is 22.5 Å². The molecule has 0 unspecified atom stereocenters. The maximum atomic E-state index is 13.3. The maximum Gasteiger partial charge on any atom is 0.251 e. The van der Waals surface area contributed by atoms with E-state index in [1.807, 2.05) is 0 Å². The predicted octanol–water partition coefficient (Wildman–Crippen LogP) is 2.52. The Morgan fingerprint density at radius 1 is 1.13 bits per heavy atom. The molecule has 3 aromatic rings. The van der Waals surface area contributed by atoms with Crippen LogP contribution in [0.1, 0.15) is 26.4 Å². The van der Waals surface area contributed by atoms with E-state index in [0.29, 0.717) is 34.1 Å². The molecule has 0 aliphatic heterocycles. The highest BCUT2D eigenvalue weighted by Crippen LogP contribution is 2.23. The van der Waals surface area contributed by atoms with Gasteiger partial charge in [0.15, 0.2) is 16.6 Å². The number of hydrogen-bond acceptors (Lipinski definition) is 7. The Morgan fingerprint density at radius 2 is 1.84 bits per heavy atom. The molecule has 0 atom stereocenters. The average molecular weight is 463 g/mol. The summed E-state index contributed by atoms with van der Waals surface area (Å²) < 4.78 is 18.0. The van der Waals surface area contributed by atoms with Crippen LogP contribution in [0.2, 0.25) is 5.02 Å². The lowest BCUT2D eigenvalue weighted by molar-refractivity contribution is 0.0953. The summed E-state index contributed by atoms with van der Waals surface area (Å²) in [6.45, 7) is 0.317. The number of carbonyl (C=O) groups excluding carboxylic acids is 2. The van der Waals surface area contributed by atoms with Gasteiger partial charge in [-0.1, -0.05) is 23.4 Å². The number of amides is 2. The molecule has 5 N–H and O–H groups in total. The zero-order chi connectivity index (χ0) is 22.4. The van der Waals surface area contributed by atoms with E-state index in [2.05, 4.69) is 20.6 Å². The molecule has 0 spiro atoms. The summed E-state index contributed by atoms with van der Waals surface area (Å²) >= 11 is 6.99. The lowest BCUT2D eigenvalue weighted by Gasteiger charge is -2.05. The van der Waals surface area contributed by atoms with Crippen molar-refractivity contribution in [2.24, 2.45) is 16.5 Å². The Balaban J connectivity index is 1.55. The summed E-state index contributed by atoms with van der Waals surface area (Å²) in [5, 5.41) is 10.6. The van der Waals surface area contributed by atoms with Crippen molar-refractivity contribution in [3.63, 3.8) is 0 Å². The van der Waals surface area contributed by atoms with Crippen LogP contribution in [0.15, 0.2) is 57.1 Å². The molecule has 0 fully saturated rings. The Bertz CT molecular complexity index is 1140. The average Bonchev–Trinajstić information content (AvgIpc) is 3.22. The van der Waals surface area contributed by atoms with Gasteiger partial charge >= 0.3 is 0 Å². The first kappa shape index (κ1) is 22.2. The van der Waals surface area contributed by atoms with Gasteiger partial charge < -0.3 is 16.8 Å². The fourth-order valence-electron chi connectivity index (χ4n) is 2.38. The highest BCUT2D eigenvalue weighted by Gasteiger charge is 2.15. The van der Waals surface area contributed by atoms with Crippen LogP contribution in [0.25, 0.3) is 0 Å². The second kappa shape index (κ2) is 10.0. The van der Waals surface area contributed by atoms with Crippen LogP contribution in [-0.4, -0.2) is 40.3 Å². The van der Waals surface area contributed by atoms with Crippen LogP contribution >= 0.6 is 23.4 Å². The molecule has 12 heteroatoms. The summed E-state index contributed by atoms with van der Waals surface area (Å²) in [7, 11) is 0. The zero-order valence-electron chi connectivity index (χ0n) is 15.8. The Morgan fingerprint density at radius 3 is 2.52 bits per heavy atom. The molecule has 0 bridgehead atoms. The van der Waals surface area contributed by atoms with Crippen molar-refractivity contribution < 1.29 is 18.6 Å². The van der Waals surface area contributed by atoms with Crippen molar-refractivity contribution in [3.05, 3.63) is 70.1 Å². The van der Waals surface area contributed by atoms with Crippen molar-refractivity contribution >= 4 is 46.7 Å². The van der Waals surface area contributed by atoms with E-state index in [9.17, 15) is 14.0 Å². The fourth-order valence-corrected chi connectivity index (χ4v) is 3.32. The Kier molecular flexibility index (Phi) is 7.21. The first-order valence-electron chi connectivity index (χ1n) is 8.78. The van der Waals surface area contributed by atoms with Gasteiger partial charge in [-0.2, -0.15) is 0 Å². The van der Waals surface area contributed by atoms with Crippen molar-refractivity contribution in [1.29, 1.82) is 0 Å². The summed E-state index contributed by atoms with van der Waals surface area (Å²) in [6, 6.07) is 9.92. The second-order valence-corrected chi connectivity index (χ2v) is 7.55. The number of amidine groups is 1. The number of nitrogens with one attached hydrogen (secondary N) is 1. The Labute approximate surface area is 185 Å². The monoisotopic (exact) mass is 462 g/mol. The number of carbonyl (C=O) groups is 2.